The molecule has 3 rings (SSSR count). The minimum atomic E-state index is -0.450. The Morgan fingerprint density at radius 3 is 2.85 bits per heavy atom. The fraction of sp³-hybridized carbons (Fsp3) is 0.200. The molecule has 1 aliphatic heterocycles. The molecule has 20 heavy (non-hydrogen) atoms. The summed E-state index contributed by atoms with van der Waals surface area (Å²) in [6.45, 7) is 1.76. The van der Waals surface area contributed by atoms with E-state index in [0.29, 0.717) is 34.6 Å². The number of phenols is 1. The van der Waals surface area contributed by atoms with Gasteiger partial charge in [0.25, 0.3) is 0 Å². The molecule has 0 aliphatic carbocycles. The van der Waals surface area contributed by atoms with E-state index in [2.05, 4.69) is 15.9 Å². The fourth-order valence-electron chi connectivity index (χ4n) is 2.66. The normalized spacial score (nSPS) is 17.7. The van der Waals surface area contributed by atoms with Crippen molar-refractivity contribution in [2.24, 2.45) is 0 Å². The van der Waals surface area contributed by atoms with E-state index in [9.17, 15) is 14.7 Å². The van der Waals surface area contributed by atoms with E-state index in [1.165, 1.54) is 0 Å². The maximum atomic E-state index is 12.1. The zero-order chi connectivity index (χ0) is 14.4. The van der Waals surface area contributed by atoms with E-state index < -0.39 is 5.97 Å². The molecule has 2 aromatic carbocycles. The Labute approximate surface area is 123 Å². The predicted molar refractivity (Wildman–Crippen MR) is 77.3 cm³/mol. The molecule has 1 unspecified atom stereocenters. The van der Waals surface area contributed by atoms with E-state index in [-0.39, 0.29) is 17.4 Å². The van der Waals surface area contributed by atoms with Gasteiger partial charge in [0.05, 0.1) is 11.1 Å². The smallest absolute Gasteiger partial charge is 0.339 e. The summed E-state index contributed by atoms with van der Waals surface area (Å²) in [5, 5.41) is 11.4. The van der Waals surface area contributed by atoms with Crippen molar-refractivity contribution in [2.45, 2.75) is 19.4 Å². The first-order chi connectivity index (χ1) is 9.52. The molecule has 0 bridgehead atoms. The highest BCUT2D eigenvalue weighted by Gasteiger charge is 2.30. The number of rotatable bonds is 1. The number of hydrogen-bond donors (Lipinski definition) is 1. The fourth-order valence-corrected chi connectivity index (χ4v) is 3.02. The molecule has 1 N–H and O–H groups in total. The molecule has 5 heteroatoms. The maximum Gasteiger partial charge on any atom is 0.339 e. The minimum absolute atomic E-state index is 0.0862. The first kappa shape index (κ1) is 13.1. The van der Waals surface area contributed by atoms with E-state index in [1.807, 2.05) is 0 Å². The van der Waals surface area contributed by atoms with Crippen molar-refractivity contribution in [1.29, 1.82) is 0 Å². The molecule has 0 amide bonds. The largest absolute Gasteiger partial charge is 0.507 e. The monoisotopic (exact) mass is 334 g/mol. The molecule has 2 aromatic rings. The number of aromatic hydroxyl groups is 1. The zero-order valence-corrected chi connectivity index (χ0v) is 12.2. The van der Waals surface area contributed by atoms with Gasteiger partial charge in [-0.05, 0) is 24.6 Å². The van der Waals surface area contributed by atoms with E-state index in [0.717, 1.165) is 4.47 Å². The molecular weight excluding hydrogens is 324 g/mol. The van der Waals surface area contributed by atoms with Gasteiger partial charge < -0.3 is 9.84 Å². The number of hydrogen-bond acceptors (Lipinski definition) is 4. The van der Waals surface area contributed by atoms with Crippen molar-refractivity contribution >= 4 is 39.0 Å². The summed E-state index contributed by atoms with van der Waals surface area (Å²) in [6.07, 6.45) is 0.718. The Morgan fingerprint density at radius 2 is 2.15 bits per heavy atom. The molecule has 0 saturated heterocycles. The molecule has 4 nitrogen and oxygen atoms in total. The SMILES string of the molecule is CC1Cc2c(C=O)c(O)c3cc(Br)ccc3c2C(=O)O1. The number of esters is 1. The van der Waals surface area contributed by atoms with Crippen LogP contribution in [0, 0.1) is 0 Å². The molecule has 0 spiro atoms. The first-order valence-electron chi connectivity index (χ1n) is 6.16. The van der Waals surface area contributed by atoms with Gasteiger partial charge in [0, 0.05) is 21.7 Å². The number of benzene rings is 2. The van der Waals surface area contributed by atoms with Crippen LogP contribution in [0.1, 0.15) is 33.2 Å². The lowest BCUT2D eigenvalue weighted by Gasteiger charge is -2.25. The van der Waals surface area contributed by atoms with Crippen molar-refractivity contribution in [2.75, 3.05) is 0 Å². The summed E-state index contributed by atoms with van der Waals surface area (Å²) in [4.78, 5) is 23.5. The number of halogens is 1. The Kier molecular flexibility index (Phi) is 3.01. The van der Waals surface area contributed by atoms with Crippen molar-refractivity contribution in [3.05, 3.63) is 39.4 Å². The number of cyclic esters (lactones) is 1. The van der Waals surface area contributed by atoms with Gasteiger partial charge in [-0.25, -0.2) is 4.79 Å². The molecule has 0 aromatic heterocycles. The summed E-state index contributed by atoms with van der Waals surface area (Å²) in [6, 6.07) is 5.21. The first-order valence-corrected chi connectivity index (χ1v) is 6.95. The number of aldehydes is 1. The second-order valence-corrected chi connectivity index (χ2v) is 5.76. The standard InChI is InChI=1S/C15H11BrO4/c1-7-4-10-12(6-17)14(18)11-5-8(16)2-3-9(11)13(10)15(19)20-7/h2-3,5-7,18H,4H2,1H3. The van der Waals surface area contributed by atoms with Crippen molar-refractivity contribution in [3.8, 4) is 5.75 Å². The van der Waals surface area contributed by atoms with Crippen LogP contribution in [0.3, 0.4) is 0 Å². The van der Waals surface area contributed by atoms with E-state index in [4.69, 9.17) is 4.74 Å². The van der Waals surface area contributed by atoms with Crippen LogP contribution < -0.4 is 0 Å². The highest BCUT2D eigenvalue weighted by molar-refractivity contribution is 9.10. The van der Waals surface area contributed by atoms with E-state index >= 15 is 0 Å². The Balaban J connectivity index is 2.49. The highest BCUT2D eigenvalue weighted by Crippen LogP contribution is 2.39. The zero-order valence-electron chi connectivity index (χ0n) is 10.6. The summed E-state index contributed by atoms with van der Waals surface area (Å²) in [5.74, 6) is -0.536. The van der Waals surface area contributed by atoms with Crippen LogP contribution in [0.15, 0.2) is 22.7 Å². The quantitative estimate of drug-likeness (QED) is 0.642. The van der Waals surface area contributed by atoms with Crippen molar-refractivity contribution < 1.29 is 19.4 Å². The summed E-state index contributed by atoms with van der Waals surface area (Å²) < 4.78 is 6.00. The predicted octanol–water partition coefficient (Wildman–Crippen LogP) is 3.22. The third-order valence-electron chi connectivity index (χ3n) is 3.51. The average molecular weight is 335 g/mol. The summed E-state index contributed by atoms with van der Waals surface area (Å²) in [7, 11) is 0. The average Bonchev–Trinajstić information content (AvgIpc) is 2.39. The molecule has 102 valence electrons. The number of carbonyl (C=O) groups excluding carboxylic acids is 2. The lowest BCUT2D eigenvalue weighted by atomic mass is 9.89. The van der Waals surface area contributed by atoms with Gasteiger partial charge >= 0.3 is 5.97 Å². The van der Waals surface area contributed by atoms with Crippen LogP contribution in [-0.4, -0.2) is 23.5 Å². The van der Waals surface area contributed by atoms with Gasteiger partial charge in [0.2, 0.25) is 0 Å². The maximum absolute atomic E-state index is 12.1. The number of phenolic OH excluding ortho intramolecular Hbond substituents is 1. The summed E-state index contributed by atoms with van der Waals surface area (Å²) >= 11 is 3.32. The Morgan fingerprint density at radius 1 is 1.40 bits per heavy atom. The van der Waals surface area contributed by atoms with Gasteiger partial charge in [0.15, 0.2) is 6.29 Å². The second-order valence-electron chi connectivity index (χ2n) is 4.84. The van der Waals surface area contributed by atoms with Gasteiger partial charge in [-0.2, -0.15) is 0 Å². The van der Waals surface area contributed by atoms with Crippen LogP contribution in [0.2, 0.25) is 0 Å². The number of ether oxygens (including phenoxy) is 1. The van der Waals surface area contributed by atoms with Gasteiger partial charge in [0.1, 0.15) is 11.9 Å². The molecule has 1 heterocycles. The lowest BCUT2D eigenvalue weighted by Crippen LogP contribution is -2.26. The van der Waals surface area contributed by atoms with Gasteiger partial charge in [-0.1, -0.05) is 22.0 Å². The van der Waals surface area contributed by atoms with Crippen molar-refractivity contribution in [1.82, 2.24) is 0 Å². The summed E-state index contributed by atoms with van der Waals surface area (Å²) in [5.41, 5.74) is 1.12. The molecule has 1 aliphatic rings. The molecule has 0 radical (unpaired) electrons. The van der Waals surface area contributed by atoms with Crippen LogP contribution in [-0.2, 0) is 11.2 Å². The Bertz CT molecular complexity index is 751. The van der Waals surface area contributed by atoms with Crippen LogP contribution in [0.25, 0.3) is 10.8 Å². The number of carbonyl (C=O) groups is 2. The topological polar surface area (TPSA) is 63.6 Å². The lowest BCUT2D eigenvalue weighted by molar-refractivity contribution is 0.0304. The Hall–Kier alpha value is -1.88. The number of fused-ring (bicyclic) bond motifs is 3. The van der Waals surface area contributed by atoms with Gasteiger partial charge in [-0.15, -0.1) is 0 Å². The van der Waals surface area contributed by atoms with Crippen molar-refractivity contribution in [3.63, 3.8) is 0 Å². The van der Waals surface area contributed by atoms with Crippen LogP contribution >= 0.6 is 15.9 Å². The second kappa shape index (κ2) is 4.59. The van der Waals surface area contributed by atoms with Gasteiger partial charge in [-0.3, -0.25) is 4.79 Å². The van der Waals surface area contributed by atoms with Crippen LogP contribution in [0.5, 0.6) is 5.75 Å². The molecule has 1 atom stereocenters. The molecule has 0 saturated carbocycles. The molecular formula is C15H11BrO4. The van der Waals surface area contributed by atoms with E-state index in [1.54, 1.807) is 25.1 Å². The third kappa shape index (κ3) is 1.81. The molecule has 0 fully saturated rings. The minimum Gasteiger partial charge on any atom is -0.507 e. The third-order valence-corrected chi connectivity index (χ3v) is 4.00. The highest BCUT2D eigenvalue weighted by atomic mass is 79.9. The van der Waals surface area contributed by atoms with Crippen LogP contribution in [0.4, 0.5) is 0 Å².